The lowest BCUT2D eigenvalue weighted by Crippen LogP contribution is -2.49. The molecule has 1 atom stereocenters. The van der Waals surface area contributed by atoms with E-state index in [9.17, 15) is 9.90 Å². The van der Waals surface area contributed by atoms with Crippen LogP contribution in [0, 0.1) is 17.3 Å². The summed E-state index contributed by atoms with van der Waals surface area (Å²) in [6.07, 6.45) is 5.57. The van der Waals surface area contributed by atoms with Crippen LogP contribution in [0.15, 0.2) is 0 Å². The number of nitrogens with zero attached hydrogens (tertiary/aromatic N) is 1. The fraction of sp³-hybridized carbons (Fsp3) is 0.941. The van der Waals surface area contributed by atoms with E-state index in [1.165, 1.54) is 12.8 Å². The van der Waals surface area contributed by atoms with Gasteiger partial charge in [-0.1, -0.05) is 20.8 Å². The number of hydrogen-bond donors (Lipinski definition) is 2. The Kier molecular flexibility index (Phi) is 5.67. The van der Waals surface area contributed by atoms with Crippen LogP contribution in [0.1, 0.15) is 52.9 Å². The molecule has 0 bridgehead atoms. The number of hydrogen-bond acceptors (Lipinski definition) is 3. The van der Waals surface area contributed by atoms with E-state index in [0.29, 0.717) is 11.3 Å². The Morgan fingerprint density at radius 3 is 2.38 bits per heavy atom. The smallest absolute Gasteiger partial charge is 0.321 e. The molecule has 1 saturated carbocycles. The van der Waals surface area contributed by atoms with E-state index in [2.05, 4.69) is 31.0 Å². The lowest BCUT2D eigenvalue weighted by atomic mass is 9.68. The normalized spacial score (nSPS) is 30.6. The van der Waals surface area contributed by atoms with E-state index in [-0.39, 0.29) is 6.04 Å². The molecule has 1 aliphatic heterocycles. The Morgan fingerprint density at radius 1 is 1.14 bits per heavy atom. The van der Waals surface area contributed by atoms with Gasteiger partial charge in [0.25, 0.3) is 0 Å². The summed E-state index contributed by atoms with van der Waals surface area (Å²) < 4.78 is 0. The highest BCUT2D eigenvalue weighted by Gasteiger charge is 2.38. The first-order valence-corrected chi connectivity index (χ1v) is 8.57. The zero-order valence-corrected chi connectivity index (χ0v) is 13.9. The highest BCUT2D eigenvalue weighted by Crippen LogP contribution is 2.41. The lowest BCUT2D eigenvalue weighted by Gasteiger charge is -2.41. The van der Waals surface area contributed by atoms with Crippen LogP contribution in [0.3, 0.4) is 0 Å². The number of aliphatic carboxylic acids is 1. The van der Waals surface area contributed by atoms with Crippen LogP contribution >= 0.6 is 0 Å². The maximum Gasteiger partial charge on any atom is 0.321 e. The van der Waals surface area contributed by atoms with Gasteiger partial charge in [0.15, 0.2) is 0 Å². The average Bonchev–Trinajstić information content (AvgIpc) is 2.67. The summed E-state index contributed by atoms with van der Waals surface area (Å²) in [6.45, 7) is 10.7. The van der Waals surface area contributed by atoms with E-state index in [1.807, 2.05) is 0 Å². The first-order valence-electron chi connectivity index (χ1n) is 8.57. The van der Waals surface area contributed by atoms with Crippen molar-refractivity contribution in [3.8, 4) is 0 Å². The Hall–Kier alpha value is -0.610. The maximum absolute atomic E-state index is 11.8. The number of carboxylic acid groups (broad SMARTS) is 1. The van der Waals surface area contributed by atoms with Crippen LogP contribution in [-0.2, 0) is 4.79 Å². The van der Waals surface area contributed by atoms with Gasteiger partial charge in [-0.15, -0.1) is 0 Å². The maximum atomic E-state index is 11.8. The van der Waals surface area contributed by atoms with E-state index in [4.69, 9.17) is 0 Å². The molecular formula is C17H32N2O2. The molecule has 1 unspecified atom stereocenters. The van der Waals surface area contributed by atoms with Crippen molar-refractivity contribution in [1.82, 2.24) is 10.2 Å². The molecule has 2 N–H and O–H groups in total. The molecular weight excluding hydrogens is 264 g/mol. The number of carboxylic acids is 1. The summed E-state index contributed by atoms with van der Waals surface area (Å²) in [5, 5.41) is 13.1. The molecule has 0 aromatic carbocycles. The van der Waals surface area contributed by atoms with Gasteiger partial charge in [-0.25, -0.2) is 0 Å². The Morgan fingerprint density at radius 2 is 1.81 bits per heavy atom. The van der Waals surface area contributed by atoms with Crippen molar-refractivity contribution in [3.63, 3.8) is 0 Å². The fourth-order valence-corrected chi connectivity index (χ4v) is 4.10. The third-order valence-corrected chi connectivity index (χ3v) is 5.46. The topological polar surface area (TPSA) is 52.6 Å². The van der Waals surface area contributed by atoms with Crippen molar-refractivity contribution >= 4 is 5.97 Å². The molecule has 2 rings (SSSR count). The van der Waals surface area contributed by atoms with Crippen LogP contribution in [0.2, 0.25) is 0 Å². The summed E-state index contributed by atoms with van der Waals surface area (Å²) >= 11 is 0. The standard InChI is InChI=1S/C17H32N2O2/c1-17(2,3)14-7-5-13(6-8-14)15(16(20)21)19-11-4-9-18-10-12-19/h13-15,18H,4-12H2,1-3H3,(H,20,21). The third-order valence-electron chi connectivity index (χ3n) is 5.46. The zero-order valence-electron chi connectivity index (χ0n) is 13.9. The monoisotopic (exact) mass is 296 g/mol. The van der Waals surface area contributed by atoms with Gasteiger partial charge in [0.05, 0.1) is 0 Å². The first kappa shape index (κ1) is 16.8. The van der Waals surface area contributed by atoms with Gasteiger partial charge < -0.3 is 10.4 Å². The van der Waals surface area contributed by atoms with Crippen LogP contribution in [-0.4, -0.2) is 48.2 Å². The fourth-order valence-electron chi connectivity index (χ4n) is 4.10. The lowest BCUT2D eigenvalue weighted by molar-refractivity contribution is -0.146. The summed E-state index contributed by atoms with van der Waals surface area (Å²) in [5.74, 6) is 0.462. The van der Waals surface area contributed by atoms with E-state index in [1.54, 1.807) is 0 Å². The number of carbonyl (C=O) groups is 1. The quantitative estimate of drug-likeness (QED) is 0.840. The van der Waals surface area contributed by atoms with Crippen molar-refractivity contribution < 1.29 is 9.90 Å². The molecule has 2 fully saturated rings. The molecule has 122 valence electrons. The van der Waals surface area contributed by atoms with Gasteiger partial charge in [-0.05, 0) is 55.9 Å². The predicted octanol–water partition coefficient (Wildman–Crippen LogP) is 2.59. The minimum Gasteiger partial charge on any atom is -0.480 e. The van der Waals surface area contributed by atoms with Crippen molar-refractivity contribution in [2.24, 2.45) is 17.3 Å². The third kappa shape index (κ3) is 4.43. The molecule has 1 heterocycles. The van der Waals surface area contributed by atoms with Crippen molar-refractivity contribution in [3.05, 3.63) is 0 Å². The summed E-state index contributed by atoms with van der Waals surface area (Å²) in [6, 6.07) is -0.272. The van der Waals surface area contributed by atoms with E-state index < -0.39 is 5.97 Å². The molecule has 4 nitrogen and oxygen atoms in total. The molecule has 2 aliphatic rings. The molecule has 4 heteroatoms. The summed E-state index contributed by atoms with van der Waals surface area (Å²) in [5.41, 5.74) is 0.357. The van der Waals surface area contributed by atoms with Crippen molar-refractivity contribution in [2.45, 2.75) is 58.9 Å². The second-order valence-electron chi connectivity index (χ2n) is 7.90. The average molecular weight is 296 g/mol. The molecule has 1 saturated heterocycles. The Balaban J connectivity index is 1.98. The van der Waals surface area contributed by atoms with Gasteiger partial charge in [0.2, 0.25) is 0 Å². The Bertz CT molecular complexity index is 335. The van der Waals surface area contributed by atoms with Gasteiger partial charge in [-0.3, -0.25) is 9.69 Å². The molecule has 0 amide bonds. The highest BCUT2D eigenvalue weighted by molar-refractivity contribution is 5.74. The number of nitrogens with one attached hydrogen (secondary N) is 1. The molecule has 1 aliphatic carbocycles. The SMILES string of the molecule is CC(C)(C)C1CCC(C(C(=O)O)N2CCCNCC2)CC1. The summed E-state index contributed by atoms with van der Waals surface area (Å²) in [7, 11) is 0. The Labute approximate surface area is 129 Å². The minimum atomic E-state index is -0.615. The predicted molar refractivity (Wildman–Crippen MR) is 85.4 cm³/mol. The van der Waals surface area contributed by atoms with Crippen LogP contribution in [0.5, 0.6) is 0 Å². The molecule has 0 spiro atoms. The van der Waals surface area contributed by atoms with Gasteiger partial charge in [-0.2, -0.15) is 0 Å². The van der Waals surface area contributed by atoms with E-state index >= 15 is 0 Å². The second kappa shape index (κ2) is 7.10. The molecule has 21 heavy (non-hydrogen) atoms. The van der Waals surface area contributed by atoms with Crippen molar-refractivity contribution in [1.29, 1.82) is 0 Å². The van der Waals surface area contributed by atoms with E-state index in [0.717, 1.165) is 51.4 Å². The van der Waals surface area contributed by atoms with Crippen LogP contribution in [0.25, 0.3) is 0 Å². The van der Waals surface area contributed by atoms with Crippen LogP contribution in [0.4, 0.5) is 0 Å². The van der Waals surface area contributed by atoms with Gasteiger partial charge >= 0.3 is 5.97 Å². The van der Waals surface area contributed by atoms with Crippen molar-refractivity contribution in [2.75, 3.05) is 26.2 Å². The molecule has 0 aromatic heterocycles. The molecule has 0 aromatic rings. The van der Waals surface area contributed by atoms with Crippen LogP contribution < -0.4 is 5.32 Å². The first-order chi connectivity index (χ1) is 9.89. The largest absolute Gasteiger partial charge is 0.480 e. The highest BCUT2D eigenvalue weighted by atomic mass is 16.4. The molecule has 0 radical (unpaired) electrons. The van der Waals surface area contributed by atoms with Gasteiger partial charge in [0, 0.05) is 19.6 Å². The number of rotatable bonds is 3. The van der Waals surface area contributed by atoms with Gasteiger partial charge in [0.1, 0.15) is 6.04 Å². The summed E-state index contributed by atoms with van der Waals surface area (Å²) in [4.78, 5) is 14.0. The minimum absolute atomic E-state index is 0.272. The second-order valence-corrected chi connectivity index (χ2v) is 7.90. The zero-order chi connectivity index (χ0) is 15.5.